The molecular formula is C16H18N2OS. The van der Waals surface area contributed by atoms with Gasteiger partial charge in [0.25, 0.3) is 0 Å². The Labute approximate surface area is 123 Å². The molecule has 2 rings (SSSR count). The van der Waals surface area contributed by atoms with E-state index in [1.807, 2.05) is 48.2 Å². The Hall–Kier alpha value is -1.78. The highest BCUT2D eigenvalue weighted by Crippen LogP contribution is 2.16. The van der Waals surface area contributed by atoms with Crippen LogP contribution in [0.1, 0.15) is 15.9 Å². The van der Waals surface area contributed by atoms with Crippen molar-refractivity contribution in [3.8, 4) is 0 Å². The molecule has 2 aromatic carbocycles. The summed E-state index contributed by atoms with van der Waals surface area (Å²) in [6, 6.07) is 17.7. The van der Waals surface area contributed by atoms with E-state index in [2.05, 4.69) is 17.4 Å². The van der Waals surface area contributed by atoms with E-state index in [9.17, 15) is 4.79 Å². The Kier molecular flexibility index (Phi) is 5.65. The minimum Gasteiger partial charge on any atom is -0.366 e. The standard InChI is InChI=1S/C16H18N2OS/c17-16(19)15-9-5-4-6-13(15)12-18-10-11-20-14-7-2-1-3-8-14/h1-9,18H,10-12H2,(H2,17,19). The molecule has 0 unspecified atom stereocenters. The monoisotopic (exact) mass is 286 g/mol. The minimum atomic E-state index is -0.374. The van der Waals surface area contributed by atoms with Crippen LogP contribution in [0.15, 0.2) is 59.5 Å². The Balaban J connectivity index is 1.75. The first-order valence-corrected chi connectivity index (χ1v) is 7.52. The molecule has 0 aliphatic rings. The molecule has 0 aromatic heterocycles. The summed E-state index contributed by atoms with van der Waals surface area (Å²) in [7, 11) is 0. The lowest BCUT2D eigenvalue weighted by Crippen LogP contribution is -2.20. The van der Waals surface area contributed by atoms with E-state index in [4.69, 9.17) is 5.73 Å². The van der Waals surface area contributed by atoms with Crippen LogP contribution in [-0.2, 0) is 6.54 Å². The van der Waals surface area contributed by atoms with E-state index in [0.29, 0.717) is 12.1 Å². The van der Waals surface area contributed by atoms with Crippen molar-refractivity contribution in [3.05, 3.63) is 65.7 Å². The second-order valence-electron chi connectivity index (χ2n) is 4.36. The van der Waals surface area contributed by atoms with Crippen molar-refractivity contribution in [1.29, 1.82) is 0 Å². The molecule has 1 amide bonds. The molecule has 3 N–H and O–H groups in total. The predicted octanol–water partition coefficient (Wildman–Crippen LogP) is 2.67. The third-order valence-corrected chi connectivity index (χ3v) is 3.90. The molecule has 0 saturated heterocycles. The van der Waals surface area contributed by atoms with Gasteiger partial charge in [0, 0.05) is 29.3 Å². The summed E-state index contributed by atoms with van der Waals surface area (Å²) in [5.41, 5.74) is 6.89. The SMILES string of the molecule is NC(=O)c1ccccc1CNCCSc1ccccc1. The quantitative estimate of drug-likeness (QED) is 0.608. The summed E-state index contributed by atoms with van der Waals surface area (Å²) >= 11 is 1.81. The molecule has 2 aromatic rings. The molecule has 0 fully saturated rings. The van der Waals surface area contributed by atoms with Gasteiger partial charge in [-0.2, -0.15) is 0 Å². The van der Waals surface area contributed by atoms with Crippen LogP contribution in [-0.4, -0.2) is 18.2 Å². The summed E-state index contributed by atoms with van der Waals surface area (Å²) in [5.74, 6) is 0.615. The zero-order chi connectivity index (χ0) is 14.2. The van der Waals surface area contributed by atoms with Gasteiger partial charge < -0.3 is 11.1 Å². The molecule has 104 valence electrons. The molecular weight excluding hydrogens is 268 g/mol. The first kappa shape index (κ1) is 14.6. The largest absolute Gasteiger partial charge is 0.366 e. The van der Waals surface area contributed by atoms with Gasteiger partial charge in [0.1, 0.15) is 0 Å². The van der Waals surface area contributed by atoms with Crippen molar-refractivity contribution in [2.24, 2.45) is 5.73 Å². The van der Waals surface area contributed by atoms with Crippen LogP contribution in [0, 0.1) is 0 Å². The zero-order valence-electron chi connectivity index (χ0n) is 11.2. The van der Waals surface area contributed by atoms with Gasteiger partial charge in [-0.25, -0.2) is 0 Å². The highest BCUT2D eigenvalue weighted by atomic mass is 32.2. The first-order chi connectivity index (χ1) is 9.77. The van der Waals surface area contributed by atoms with E-state index in [1.165, 1.54) is 4.90 Å². The van der Waals surface area contributed by atoms with Crippen LogP contribution in [0.4, 0.5) is 0 Å². The fraction of sp³-hybridized carbons (Fsp3) is 0.188. The van der Waals surface area contributed by atoms with Crippen molar-refractivity contribution in [1.82, 2.24) is 5.32 Å². The maximum absolute atomic E-state index is 11.3. The first-order valence-electron chi connectivity index (χ1n) is 6.53. The van der Waals surface area contributed by atoms with Gasteiger partial charge in [-0.3, -0.25) is 4.79 Å². The zero-order valence-corrected chi connectivity index (χ0v) is 12.0. The van der Waals surface area contributed by atoms with Crippen LogP contribution >= 0.6 is 11.8 Å². The lowest BCUT2D eigenvalue weighted by molar-refractivity contribution is 0.0999. The van der Waals surface area contributed by atoms with Gasteiger partial charge in [-0.05, 0) is 23.8 Å². The number of amides is 1. The van der Waals surface area contributed by atoms with Gasteiger partial charge in [-0.15, -0.1) is 11.8 Å². The average molecular weight is 286 g/mol. The molecule has 0 saturated carbocycles. The number of nitrogens with one attached hydrogen (secondary N) is 1. The van der Waals surface area contributed by atoms with Crippen LogP contribution in [0.25, 0.3) is 0 Å². The molecule has 4 heteroatoms. The molecule has 0 aliphatic carbocycles. The van der Waals surface area contributed by atoms with Crippen LogP contribution in [0.5, 0.6) is 0 Å². The smallest absolute Gasteiger partial charge is 0.249 e. The normalized spacial score (nSPS) is 10.4. The highest BCUT2D eigenvalue weighted by molar-refractivity contribution is 7.99. The second-order valence-corrected chi connectivity index (χ2v) is 5.53. The van der Waals surface area contributed by atoms with E-state index >= 15 is 0 Å². The van der Waals surface area contributed by atoms with E-state index < -0.39 is 0 Å². The number of thioether (sulfide) groups is 1. The summed E-state index contributed by atoms with van der Waals surface area (Å²) in [6.07, 6.45) is 0. The van der Waals surface area contributed by atoms with Crippen molar-refractivity contribution in [3.63, 3.8) is 0 Å². The number of hydrogen-bond acceptors (Lipinski definition) is 3. The fourth-order valence-corrected chi connectivity index (χ4v) is 2.73. The number of benzene rings is 2. The summed E-state index contributed by atoms with van der Waals surface area (Å²) in [5, 5.41) is 3.34. The number of carbonyl (C=O) groups is 1. The van der Waals surface area contributed by atoms with Crippen molar-refractivity contribution in [2.75, 3.05) is 12.3 Å². The van der Waals surface area contributed by atoms with Crippen LogP contribution in [0.3, 0.4) is 0 Å². The van der Waals surface area contributed by atoms with Crippen LogP contribution in [0.2, 0.25) is 0 Å². The van der Waals surface area contributed by atoms with Crippen LogP contribution < -0.4 is 11.1 Å². The molecule has 3 nitrogen and oxygen atoms in total. The van der Waals surface area contributed by atoms with Gasteiger partial charge in [0.2, 0.25) is 5.91 Å². The third-order valence-electron chi connectivity index (χ3n) is 2.89. The third kappa shape index (κ3) is 4.40. The summed E-state index contributed by atoms with van der Waals surface area (Å²) in [6.45, 7) is 1.54. The average Bonchev–Trinajstić information content (AvgIpc) is 2.48. The van der Waals surface area contributed by atoms with E-state index in [0.717, 1.165) is 17.9 Å². The fourth-order valence-electron chi connectivity index (χ4n) is 1.90. The molecule has 0 heterocycles. The second kappa shape index (κ2) is 7.72. The van der Waals surface area contributed by atoms with Gasteiger partial charge >= 0.3 is 0 Å². The number of nitrogens with two attached hydrogens (primary N) is 1. The van der Waals surface area contributed by atoms with Gasteiger partial charge in [-0.1, -0.05) is 36.4 Å². The lowest BCUT2D eigenvalue weighted by atomic mass is 10.1. The van der Waals surface area contributed by atoms with Gasteiger partial charge in [0.15, 0.2) is 0 Å². The number of rotatable bonds is 7. The Bertz CT molecular complexity index is 557. The van der Waals surface area contributed by atoms with E-state index in [1.54, 1.807) is 6.07 Å². The predicted molar refractivity (Wildman–Crippen MR) is 83.8 cm³/mol. The van der Waals surface area contributed by atoms with Gasteiger partial charge in [0.05, 0.1) is 0 Å². The minimum absolute atomic E-state index is 0.374. The molecule has 20 heavy (non-hydrogen) atoms. The summed E-state index contributed by atoms with van der Waals surface area (Å²) in [4.78, 5) is 12.6. The van der Waals surface area contributed by atoms with Crippen molar-refractivity contribution >= 4 is 17.7 Å². The maximum atomic E-state index is 11.3. The highest BCUT2D eigenvalue weighted by Gasteiger charge is 2.05. The summed E-state index contributed by atoms with van der Waals surface area (Å²) < 4.78 is 0. The molecule has 0 atom stereocenters. The molecule has 0 spiro atoms. The Morgan fingerprint density at radius 3 is 2.50 bits per heavy atom. The Morgan fingerprint density at radius 2 is 1.75 bits per heavy atom. The van der Waals surface area contributed by atoms with E-state index in [-0.39, 0.29) is 5.91 Å². The number of primary amides is 1. The van der Waals surface area contributed by atoms with Crippen molar-refractivity contribution < 1.29 is 4.79 Å². The number of hydrogen-bond donors (Lipinski definition) is 2. The topological polar surface area (TPSA) is 55.1 Å². The molecule has 0 radical (unpaired) electrons. The molecule has 0 aliphatic heterocycles. The molecule has 0 bridgehead atoms. The Morgan fingerprint density at radius 1 is 1.05 bits per heavy atom. The lowest BCUT2D eigenvalue weighted by Gasteiger charge is -2.08. The van der Waals surface area contributed by atoms with Crippen molar-refractivity contribution in [2.45, 2.75) is 11.4 Å². The maximum Gasteiger partial charge on any atom is 0.249 e. The number of carbonyl (C=O) groups excluding carboxylic acids is 1.